The molecule has 1 aromatic heterocycles. The quantitative estimate of drug-likeness (QED) is 0.488. The van der Waals surface area contributed by atoms with Crippen LogP contribution in [0.4, 0.5) is 0 Å². The van der Waals surface area contributed by atoms with Crippen molar-refractivity contribution in [2.24, 2.45) is 0 Å². The van der Waals surface area contributed by atoms with Crippen LogP contribution in [0.25, 0.3) is 16.7 Å². The molecule has 4 aromatic rings. The second kappa shape index (κ2) is 8.58. The number of phenolic OH excluding ortho intramolecular Hbond substituents is 1. The van der Waals surface area contributed by atoms with Gasteiger partial charge in [-0.1, -0.05) is 18.2 Å². The van der Waals surface area contributed by atoms with Crippen LogP contribution in [0.1, 0.15) is 15.9 Å². The third-order valence-electron chi connectivity index (χ3n) is 6.10. The largest absolute Gasteiger partial charge is 0.507 e. The molecule has 1 aliphatic heterocycles. The maximum absolute atomic E-state index is 13.0. The van der Waals surface area contributed by atoms with E-state index in [1.165, 1.54) is 16.4 Å². The number of aromatic nitrogens is 2. The Bertz CT molecular complexity index is 1470. The zero-order valence-corrected chi connectivity index (χ0v) is 19.4. The zero-order valence-electron chi connectivity index (χ0n) is 18.6. The molecule has 0 radical (unpaired) electrons. The van der Waals surface area contributed by atoms with Gasteiger partial charge in [-0.3, -0.25) is 9.36 Å². The molecule has 1 fully saturated rings. The Balaban J connectivity index is 1.28. The van der Waals surface area contributed by atoms with Crippen molar-refractivity contribution in [1.82, 2.24) is 18.8 Å². The van der Waals surface area contributed by atoms with E-state index in [2.05, 4.69) is 4.98 Å². The number of rotatable bonds is 4. The number of para-hydroxylation sites is 2. The van der Waals surface area contributed by atoms with E-state index in [0.717, 1.165) is 22.3 Å². The van der Waals surface area contributed by atoms with Crippen molar-refractivity contribution >= 4 is 27.0 Å². The first-order valence-electron chi connectivity index (χ1n) is 11.0. The second-order valence-electron chi connectivity index (χ2n) is 8.32. The van der Waals surface area contributed by atoms with E-state index in [4.69, 9.17) is 0 Å². The molecule has 1 amide bonds. The number of sulfonamides is 1. The molecule has 174 valence electrons. The summed E-state index contributed by atoms with van der Waals surface area (Å²) >= 11 is 0. The number of imidazole rings is 1. The van der Waals surface area contributed by atoms with Crippen LogP contribution >= 0.6 is 0 Å². The molecule has 8 nitrogen and oxygen atoms in total. The Morgan fingerprint density at radius 3 is 2.38 bits per heavy atom. The maximum atomic E-state index is 13.0. The number of carbonyl (C=O) groups excluding carboxylic acids is 1. The SMILES string of the molecule is Cc1ccc(O)c(S(=O)(=O)N2CCN(C(=O)c3ccc(-n4cnc5ccccc54)cc3)CC2)c1. The van der Waals surface area contributed by atoms with Crippen LogP contribution in [0.3, 0.4) is 0 Å². The lowest BCUT2D eigenvalue weighted by atomic mass is 10.1. The Morgan fingerprint density at radius 2 is 1.65 bits per heavy atom. The first-order chi connectivity index (χ1) is 16.3. The van der Waals surface area contributed by atoms with E-state index < -0.39 is 10.0 Å². The lowest BCUT2D eigenvalue weighted by molar-refractivity contribution is 0.0697. The summed E-state index contributed by atoms with van der Waals surface area (Å²) in [4.78, 5) is 19.0. The number of piperazine rings is 1. The molecule has 34 heavy (non-hydrogen) atoms. The standard InChI is InChI=1S/C25H24N4O4S/c1-18-6-11-23(30)24(16-18)34(32,33)28-14-12-27(13-15-28)25(31)19-7-9-20(10-8-19)29-17-26-21-4-2-3-5-22(21)29/h2-11,16-17,30H,12-15H2,1H3. The topological polar surface area (TPSA) is 95.7 Å². The van der Waals surface area contributed by atoms with Crippen molar-refractivity contribution in [2.75, 3.05) is 26.2 Å². The number of amides is 1. The van der Waals surface area contributed by atoms with Crippen LogP contribution < -0.4 is 0 Å². The monoisotopic (exact) mass is 476 g/mol. The van der Waals surface area contributed by atoms with Gasteiger partial charge in [-0.05, 0) is 61.0 Å². The zero-order chi connectivity index (χ0) is 23.9. The van der Waals surface area contributed by atoms with E-state index in [1.54, 1.807) is 36.4 Å². The average molecular weight is 477 g/mol. The lowest BCUT2D eigenvalue weighted by Gasteiger charge is -2.34. The minimum atomic E-state index is -3.84. The number of hydrogen-bond donors (Lipinski definition) is 1. The summed E-state index contributed by atoms with van der Waals surface area (Å²) < 4.78 is 29.3. The van der Waals surface area contributed by atoms with E-state index in [0.29, 0.717) is 5.56 Å². The molecule has 1 aliphatic rings. The summed E-state index contributed by atoms with van der Waals surface area (Å²) in [7, 11) is -3.84. The highest BCUT2D eigenvalue weighted by molar-refractivity contribution is 7.89. The molecule has 1 saturated heterocycles. The Kier molecular flexibility index (Phi) is 5.59. The lowest BCUT2D eigenvalue weighted by Crippen LogP contribution is -2.50. The number of carbonyl (C=O) groups is 1. The van der Waals surface area contributed by atoms with Crippen molar-refractivity contribution < 1.29 is 18.3 Å². The van der Waals surface area contributed by atoms with Crippen LogP contribution in [-0.4, -0.2) is 64.4 Å². The number of hydrogen-bond acceptors (Lipinski definition) is 5. The van der Waals surface area contributed by atoms with Gasteiger partial charge in [0.2, 0.25) is 10.0 Å². The molecule has 9 heteroatoms. The smallest absolute Gasteiger partial charge is 0.253 e. The molecular weight excluding hydrogens is 452 g/mol. The first kappa shape index (κ1) is 22.1. The van der Waals surface area contributed by atoms with Crippen LogP contribution in [-0.2, 0) is 10.0 Å². The molecule has 3 aromatic carbocycles. The molecule has 0 atom stereocenters. The van der Waals surface area contributed by atoms with E-state index in [9.17, 15) is 18.3 Å². The second-order valence-corrected chi connectivity index (χ2v) is 10.2. The van der Waals surface area contributed by atoms with Crippen molar-refractivity contribution in [3.8, 4) is 11.4 Å². The number of aryl methyl sites for hydroxylation is 1. The van der Waals surface area contributed by atoms with Crippen molar-refractivity contribution in [1.29, 1.82) is 0 Å². The van der Waals surface area contributed by atoms with Gasteiger partial charge >= 0.3 is 0 Å². The molecule has 0 unspecified atom stereocenters. The van der Waals surface area contributed by atoms with E-state index >= 15 is 0 Å². The van der Waals surface area contributed by atoms with Gasteiger partial charge in [0, 0.05) is 37.4 Å². The van der Waals surface area contributed by atoms with Gasteiger partial charge in [-0.25, -0.2) is 13.4 Å². The fraction of sp³-hybridized carbons (Fsp3) is 0.200. The average Bonchev–Trinajstić information content (AvgIpc) is 3.29. The van der Waals surface area contributed by atoms with Gasteiger partial charge < -0.3 is 10.0 Å². The molecule has 1 N–H and O–H groups in total. The van der Waals surface area contributed by atoms with Crippen molar-refractivity contribution in [3.63, 3.8) is 0 Å². The molecule has 0 spiro atoms. The molecule has 0 bridgehead atoms. The Morgan fingerprint density at radius 1 is 0.941 bits per heavy atom. The molecule has 2 heterocycles. The normalized spacial score (nSPS) is 15.0. The summed E-state index contributed by atoms with van der Waals surface area (Å²) in [6.07, 6.45) is 1.76. The highest BCUT2D eigenvalue weighted by atomic mass is 32.2. The maximum Gasteiger partial charge on any atom is 0.253 e. The molecule has 5 rings (SSSR count). The predicted molar refractivity (Wildman–Crippen MR) is 129 cm³/mol. The van der Waals surface area contributed by atoms with E-state index in [1.807, 2.05) is 41.0 Å². The highest BCUT2D eigenvalue weighted by Gasteiger charge is 2.32. The van der Waals surface area contributed by atoms with Crippen LogP contribution in [0.5, 0.6) is 5.75 Å². The summed E-state index contributed by atoms with van der Waals surface area (Å²) in [6.45, 7) is 2.66. The summed E-state index contributed by atoms with van der Waals surface area (Å²) in [5.74, 6) is -0.410. The van der Waals surface area contributed by atoms with Crippen LogP contribution in [0.2, 0.25) is 0 Å². The summed E-state index contributed by atoms with van der Waals surface area (Å²) in [5.41, 5.74) is 4.07. The Hall–Kier alpha value is -3.69. The van der Waals surface area contributed by atoms with E-state index in [-0.39, 0.29) is 42.7 Å². The third-order valence-corrected chi connectivity index (χ3v) is 8.03. The molecule has 0 saturated carbocycles. The van der Waals surface area contributed by atoms with Crippen molar-refractivity contribution in [3.05, 3.63) is 84.2 Å². The van der Waals surface area contributed by atoms with Gasteiger partial charge in [0.05, 0.1) is 11.0 Å². The summed E-state index contributed by atoms with van der Waals surface area (Å²) in [5, 5.41) is 10.1. The van der Waals surface area contributed by atoms with Gasteiger partial charge in [0.15, 0.2) is 0 Å². The Labute approximate surface area is 197 Å². The van der Waals surface area contributed by atoms with Gasteiger partial charge in [-0.2, -0.15) is 4.31 Å². The minimum absolute atomic E-state index is 0.102. The number of nitrogens with zero attached hydrogens (tertiary/aromatic N) is 4. The molecular formula is C25H24N4O4S. The van der Waals surface area contributed by atoms with Crippen LogP contribution in [0, 0.1) is 6.92 Å². The predicted octanol–water partition coefficient (Wildman–Crippen LogP) is 3.19. The van der Waals surface area contributed by atoms with Gasteiger partial charge in [0.25, 0.3) is 5.91 Å². The number of aromatic hydroxyl groups is 1. The number of benzene rings is 3. The van der Waals surface area contributed by atoms with Gasteiger partial charge in [0.1, 0.15) is 17.0 Å². The number of phenols is 1. The summed E-state index contributed by atoms with van der Waals surface area (Å²) in [6, 6.07) is 19.7. The fourth-order valence-corrected chi connectivity index (χ4v) is 5.80. The fourth-order valence-electron chi connectivity index (χ4n) is 4.21. The first-order valence-corrected chi connectivity index (χ1v) is 12.4. The number of fused-ring (bicyclic) bond motifs is 1. The molecule has 0 aliphatic carbocycles. The highest BCUT2D eigenvalue weighted by Crippen LogP contribution is 2.27. The third kappa shape index (κ3) is 3.93. The van der Waals surface area contributed by atoms with Gasteiger partial charge in [-0.15, -0.1) is 0 Å². The minimum Gasteiger partial charge on any atom is -0.507 e. The van der Waals surface area contributed by atoms with Crippen molar-refractivity contribution in [2.45, 2.75) is 11.8 Å². The van der Waals surface area contributed by atoms with Crippen LogP contribution in [0.15, 0.2) is 78.0 Å².